The maximum absolute atomic E-state index is 3.60. The molecule has 0 aromatic heterocycles. The Kier molecular flexibility index (Phi) is 120. The van der Waals surface area contributed by atoms with E-state index in [-0.39, 0.29) is 41.1 Å². The van der Waals surface area contributed by atoms with E-state index in [1.54, 1.807) is 0 Å². The molecule has 0 saturated carbocycles. The molecule has 11 heavy (non-hydrogen) atoms. The van der Waals surface area contributed by atoms with Crippen molar-refractivity contribution in [3.63, 3.8) is 0 Å². The second-order valence-electron chi connectivity index (χ2n) is 1.71. The summed E-state index contributed by atoms with van der Waals surface area (Å²) in [6.07, 6.45) is 4.56. The van der Waals surface area contributed by atoms with Gasteiger partial charge in [0.2, 0.25) is 0 Å². The molecule has 0 nitrogen and oxygen atoms in total. The molecule has 0 radical (unpaired) electrons. The molecule has 0 aliphatic heterocycles. The van der Waals surface area contributed by atoms with E-state index in [0.29, 0.717) is 0 Å². The minimum atomic E-state index is 0. The zero-order chi connectivity index (χ0) is 6.83. The van der Waals surface area contributed by atoms with Gasteiger partial charge in [0.05, 0.1) is 0 Å². The van der Waals surface area contributed by atoms with E-state index >= 15 is 0 Å². The Labute approximate surface area is 94.3 Å². The molecular formula is C10H24Zr. The second kappa shape index (κ2) is 44.6. The van der Waals surface area contributed by atoms with Crippen LogP contribution in [0.2, 0.25) is 0 Å². The summed E-state index contributed by atoms with van der Waals surface area (Å²) in [5.74, 6) is 0. The summed E-state index contributed by atoms with van der Waals surface area (Å²) in [6, 6.07) is 0. The van der Waals surface area contributed by atoms with Gasteiger partial charge in [0.1, 0.15) is 0 Å². The maximum atomic E-state index is 3.60. The number of rotatable bonds is 2. The molecule has 0 aliphatic rings. The van der Waals surface area contributed by atoms with Crippen LogP contribution in [0.15, 0.2) is 0 Å². The summed E-state index contributed by atoms with van der Waals surface area (Å²) in [5.41, 5.74) is 0. The molecule has 0 spiro atoms. The summed E-state index contributed by atoms with van der Waals surface area (Å²) in [6.45, 7) is 11.4. The first-order chi connectivity index (χ1) is 3.83. The molecule has 0 fully saturated rings. The molecule has 0 aromatic rings. The first-order valence-corrected chi connectivity index (χ1v) is 3.41. The van der Waals surface area contributed by atoms with Crippen molar-refractivity contribution in [3.8, 4) is 0 Å². The molecule has 68 valence electrons. The smallest absolute Gasteiger partial charge is 0.358 e. The van der Waals surface area contributed by atoms with Gasteiger partial charge in [-0.3, -0.25) is 0 Å². The summed E-state index contributed by atoms with van der Waals surface area (Å²) in [7, 11) is 0. The zero-order valence-corrected chi connectivity index (χ0v) is 11.2. The van der Waals surface area contributed by atoms with E-state index in [4.69, 9.17) is 0 Å². The monoisotopic (exact) mass is 234 g/mol. The van der Waals surface area contributed by atoms with Crippen molar-refractivity contribution in [2.75, 3.05) is 0 Å². The predicted molar refractivity (Wildman–Crippen MR) is 53.4 cm³/mol. The fraction of sp³-hybridized carbons (Fsp3) is 0.600. The normalized spacial score (nSPS) is 5.45. The summed E-state index contributed by atoms with van der Waals surface area (Å²) in [5, 5.41) is 0. The molecule has 0 atom stereocenters. The van der Waals surface area contributed by atoms with Crippen LogP contribution in [0.25, 0.3) is 0 Å². The van der Waals surface area contributed by atoms with Gasteiger partial charge in [-0.15, -0.1) is 0 Å². The van der Waals surface area contributed by atoms with Gasteiger partial charge in [0.25, 0.3) is 0 Å². The summed E-state index contributed by atoms with van der Waals surface area (Å²) in [4.78, 5) is 0. The number of hydrogen-bond donors (Lipinski definition) is 0. The molecule has 0 saturated heterocycles. The van der Waals surface area contributed by atoms with Crippen LogP contribution < -0.4 is 0 Å². The third-order valence-corrected chi connectivity index (χ3v) is 0.707. The van der Waals surface area contributed by atoms with Crippen LogP contribution in [-0.2, 0) is 26.2 Å². The van der Waals surface area contributed by atoms with E-state index in [2.05, 4.69) is 27.7 Å². The Morgan fingerprint density at radius 3 is 0.909 bits per heavy atom. The standard InChI is InChI=1S/2C4H9.2CH3.Zr/c2*1-3-4-2;;;/h2*1,3-4H2,2H3;2*1H3;/q4*-1;+4. The van der Waals surface area contributed by atoms with E-state index in [1.807, 2.05) is 0 Å². The largest absolute Gasteiger partial charge is 4.00 e. The average molecular weight is 236 g/mol. The van der Waals surface area contributed by atoms with Crippen LogP contribution >= 0.6 is 0 Å². The minimum Gasteiger partial charge on any atom is -0.358 e. The Bertz CT molecular complexity index is 12.8. The Hall–Kier alpha value is 0.883. The fourth-order valence-corrected chi connectivity index (χ4v) is 0. The quantitative estimate of drug-likeness (QED) is 0.631. The van der Waals surface area contributed by atoms with Crippen LogP contribution in [0.1, 0.15) is 39.5 Å². The van der Waals surface area contributed by atoms with Gasteiger partial charge >= 0.3 is 26.2 Å². The van der Waals surface area contributed by atoms with Gasteiger partial charge in [-0.05, 0) is 0 Å². The number of hydrogen-bond acceptors (Lipinski definition) is 0. The van der Waals surface area contributed by atoms with Gasteiger partial charge in [-0.2, -0.15) is 12.8 Å². The van der Waals surface area contributed by atoms with Crippen molar-refractivity contribution in [1.29, 1.82) is 0 Å². The fourth-order valence-electron chi connectivity index (χ4n) is 0. The van der Waals surface area contributed by atoms with Crippen LogP contribution in [0, 0.1) is 28.7 Å². The van der Waals surface area contributed by atoms with Gasteiger partial charge in [0.15, 0.2) is 0 Å². The van der Waals surface area contributed by atoms with Crippen LogP contribution in [0.3, 0.4) is 0 Å². The Balaban J connectivity index is -0.0000000171. The van der Waals surface area contributed by atoms with E-state index < -0.39 is 0 Å². The van der Waals surface area contributed by atoms with Gasteiger partial charge in [-0.25, -0.2) is 0 Å². The number of unbranched alkanes of at least 4 members (excludes halogenated alkanes) is 2. The Morgan fingerprint density at radius 1 is 0.818 bits per heavy atom. The first kappa shape index (κ1) is 29.7. The molecule has 1 heteroatoms. The van der Waals surface area contributed by atoms with Crippen molar-refractivity contribution < 1.29 is 26.2 Å². The molecule has 0 unspecified atom stereocenters. The first-order valence-electron chi connectivity index (χ1n) is 3.41. The zero-order valence-electron chi connectivity index (χ0n) is 8.74. The van der Waals surface area contributed by atoms with Crippen molar-refractivity contribution in [1.82, 2.24) is 0 Å². The van der Waals surface area contributed by atoms with Crippen molar-refractivity contribution in [2.45, 2.75) is 39.5 Å². The SMILES string of the molecule is [CH2-]CCC.[CH2-]CCC.[CH3-].[CH3-].[Zr+4]. The molecule has 0 amide bonds. The molecule has 0 rings (SSSR count). The molecule has 0 aliphatic carbocycles. The topological polar surface area (TPSA) is 0 Å². The molecule has 0 bridgehead atoms. The van der Waals surface area contributed by atoms with Crippen LogP contribution in [0.5, 0.6) is 0 Å². The molecule has 0 heterocycles. The van der Waals surface area contributed by atoms with Gasteiger partial charge in [-0.1, -0.05) is 26.7 Å². The van der Waals surface area contributed by atoms with E-state index in [1.165, 1.54) is 12.8 Å². The van der Waals surface area contributed by atoms with E-state index in [0.717, 1.165) is 12.8 Å². The van der Waals surface area contributed by atoms with E-state index in [9.17, 15) is 0 Å². The molecule has 0 aromatic carbocycles. The van der Waals surface area contributed by atoms with Gasteiger partial charge in [0, 0.05) is 0 Å². The Morgan fingerprint density at radius 2 is 0.909 bits per heavy atom. The van der Waals surface area contributed by atoms with Crippen molar-refractivity contribution in [3.05, 3.63) is 28.7 Å². The third-order valence-electron chi connectivity index (χ3n) is 0.707. The van der Waals surface area contributed by atoms with Gasteiger partial charge < -0.3 is 28.7 Å². The third kappa shape index (κ3) is 103. The van der Waals surface area contributed by atoms with Crippen LogP contribution in [0.4, 0.5) is 0 Å². The average Bonchev–Trinajstić information content (AvgIpc) is 1.88. The molecular weight excluding hydrogens is 211 g/mol. The van der Waals surface area contributed by atoms with Crippen LogP contribution in [-0.4, -0.2) is 0 Å². The second-order valence-corrected chi connectivity index (χ2v) is 1.71. The predicted octanol–water partition coefficient (Wildman–Crippen LogP) is 4.14. The maximum Gasteiger partial charge on any atom is 4.00 e. The molecule has 0 N–H and O–H groups in total. The summed E-state index contributed by atoms with van der Waals surface area (Å²) < 4.78 is 0. The minimum absolute atomic E-state index is 0. The summed E-state index contributed by atoms with van der Waals surface area (Å²) >= 11 is 0. The van der Waals surface area contributed by atoms with Crippen molar-refractivity contribution >= 4 is 0 Å². The van der Waals surface area contributed by atoms with Crippen molar-refractivity contribution in [2.24, 2.45) is 0 Å².